The molecule has 0 amide bonds. The van der Waals surface area contributed by atoms with Crippen molar-refractivity contribution in [3.8, 4) is 12.3 Å². The van der Waals surface area contributed by atoms with E-state index in [0.29, 0.717) is 0 Å². The molecule has 0 aromatic carbocycles. The standard InChI is InChI=1S/C11H15N3/c1-2-3-4-5-7-12-10-11-13-8-6-9-14-11/h1,6,8-9,12H,3-5,7,10H2. The van der Waals surface area contributed by atoms with E-state index in [4.69, 9.17) is 6.42 Å². The fourth-order valence-corrected chi connectivity index (χ4v) is 1.10. The van der Waals surface area contributed by atoms with Crippen LogP contribution in [0.1, 0.15) is 25.1 Å². The summed E-state index contributed by atoms with van der Waals surface area (Å²) < 4.78 is 0. The summed E-state index contributed by atoms with van der Waals surface area (Å²) in [5, 5.41) is 3.27. The normalized spacial score (nSPS) is 9.64. The Hall–Kier alpha value is -1.40. The Labute approximate surface area is 85.0 Å². The van der Waals surface area contributed by atoms with E-state index in [-0.39, 0.29) is 0 Å². The molecule has 74 valence electrons. The largest absolute Gasteiger partial charge is 0.310 e. The quantitative estimate of drug-likeness (QED) is 0.542. The lowest BCUT2D eigenvalue weighted by molar-refractivity contribution is 0.613. The Kier molecular flexibility index (Phi) is 5.38. The predicted molar refractivity (Wildman–Crippen MR) is 56.4 cm³/mol. The molecule has 3 heteroatoms. The van der Waals surface area contributed by atoms with Gasteiger partial charge in [-0.3, -0.25) is 0 Å². The van der Waals surface area contributed by atoms with E-state index in [2.05, 4.69) is 21.2 Å². The van der Waals surface area contributed by atoms with Crippen LogP contribution in [-0.2, 0) is 6.54 Å². The van der Waals surface area contributed by atoms with Gasteiger partial charge >= 0.3 is 0 Å². The lowest BCUT2D eigenvalue weighted by Gasteiger charge is -2.01. The molecule has 0 spiro atoms. The molecule has 0 aliphatic carbocycles. The molecule has 1 N–H and O–H groups in total. The summed E-state index contributed by atoms with van der Waals surface area (Å²) in [5.74, 6) is 3.46. The highest BCUT2D eigenvalue weighted by Gasteiger charge is 1.92. The van der Waals surface area contributed by atoms with Gasteiger partial charge in [-0.2, -0.15) is 0 Å². The van der Waals surface area contributed by atoms with E-state index in [1.165, 1.54) is 0 Å². The van der Waals surface area contributed by atoms with Crippen LogP contribution in [0.25, 0.3) is 0 Å². The molecular weight excluding hydrogens is 174 g/mol. The zero-order valence-corrected chi connectivity index (χ0v) is 8.24. The van der Waals surface area contributed by atoms with Crippen LogP contribution in [0.2, 0.25) is 0 Å². The fraction of sp³-hybridized carbons (Fsp3) is 0.455. The lowest BCUT2D eigenvalue weighted by Crippen LogP contribution is -2.16. The van der Waals surface area contributed by atoms with Crippen LogP contribution >= 0.6 is 0 Å². The topological polar surface area (TPSA) is 37.8 Å². The first kappa shape index (κ1) is 10.7. The third-order valence-electron chi connectivity index (χ3n) is 1.83. The molecule has 0 atom stereocenters. The van der Waals surface area contributed by atoms with Crippen molar-refractivity contribution >= 4 is 0 Å². The van der Waals surface area contributed by atoms with Gasteiger partial charge in [-0.15, -0.1) is 12.3 Å². The van der Waals surface area contributed by atoms with Crippen LogP contribution in [0.15, 0.2) is 18.5 Å². The van der Waals surface area contributed by atoms with Crippen molar-refractivity contribution in [3.05, 3.63) is 24.3 Å². The van der Waals surface area contributed by atoms with E-state index in [1.807, 2.05) is 6.07 Å². The molecule has 0 saturated carbocycles. The van der Waals surface area contributed by atoms with Gasteiger partial charge in [0.1, 0.15) is 5.82 Å². The number of hydrogen-bond acceptors (Lipinski definition) is 3. The maximum absolute atomic E-state index is 5.14. The lowest BCUT2D eigenvalue weighted by atomic mass is 10.2. The molecule has 0 aliphatic heterocycles. The number of unbranched alkanes of at least 4 members (excludes halogenated alkanes) is 2. The molecule has 1 aromatic rings. The Morgan fingerprint density at radius 2 is 2.07 bits per heavy atom. The molecular formula is C11H15N3. The summed E-state index contributed by atoms with van der Waals surface area (Å²) in [7, 11) is 0. The molecule has 0 saturated heterocycles. The predicted octanol–water partition coefficient (Wildman–Crippen LogP) is 1.37. The number of aromatic nitrogens is 2. The van der Waals surface area contributed by atoms with Gasteiger partial charge in [-0.1, -0.05) is 0 Å². The van der Waals surface area contributed by atoms with Crippen molar-refractivity contribution in [3.63, 3.8) is 0 Å². The van der Waals surface area contributed by atoms with E-state index in [0.717, 1.165) is 38.2 Å². The molecule has 14 heavy (non-hydrogen) atoms. The highest BCUT2D eigenvalue weighted by atomic mass is 14.9. The van der Waals surface area contributed by atoms with E-state index >= 15 is 0 Å². The summed E-state index contributed by atoms with van der Waals surface area (Å²) in [6.07, 6.45) is 11.7. The van der Waals surface area contributed by atoms with Gasteiger partial charge in [0.25, 0.3) is 0 Å². The third-order valence-corrected chi connectivity index (χ3v) is 1.83. The van der Waals surface area contributed by atoms with Gasteiger partial charge < -0.3 is 5.32 Å². The second-order valence-corrected chi connectivity index (χ2v) is 3.00. The Bertz CT molecular complexity index is 276. The molecule has 0 unspecified atom stereocenters. The molecule has 0 bridgehead atoms. The maximum Gasteiger partial charge on any atom is 0.141 e. The van der Waals surface area contributed by atoms with Crippen LogP contribution < -0.4 is 5.32 Å². The van der Waals surface area contributed by atoms with Gasteiger partial charge in [-0.25, -0.2) is 9.97 Å². The average Bonchev–Trinajstić information content (AvgIpc) is 2.25. The first-order chi connectivity index (χ1) is 6.93. The Balaban J connectivity index is 2.03. The number of nitrogens with zero attached hydrogens (tertiary/aromatic N) is 2. The first-order valence-electron chi connectivity index (χ1n) is 4.83. The van der Waals surface area contributed by atoms with Crippen LogP contribution in [0, 0.1) is 12.3 Å². The molecule has 0 fully saturated rings. The highest BCUT2D eigenvalue weighted by Crippen LogP contribution is 1.92. The maximum atomic E-state index is 5.14. The van der Waals surface area contributed by atoms with Crippen LogP contribution in [0.3, 0.4) is 0 Å². The van der Waals surface area contributed by atoms with E-state index in [1.54, 1.807) is 12.4 Å². The van der Waals surface area contributed by atoms with Crippen molar-refractivity contribution in [1.29, 1.82) is 0 Å². The Morgan fingerprint density at radius 1 is 1.29 bits per heavy atom. The average molecular weight is 189 g/mol. The minimum absolute atomic E-state index is 0.733. The minimum atomic E-state index is 0.733. The van der Waals surface area contributed by atoms with Crippen molar-refractivity contribution in [2.75, 3.05) is 6.54 Å². The molecule has 3 nitrogen and oxygen atoms in total. The monoisotopic (exact) mass is 189 g/mol. The third kappa shape index (κ3) is 4.58. The van der Waals surface area contributed by atoms with Gasteiger partial charge in [0.2, 0.25) is 0 Å². The molecule has 1 rings (SSSR count). The Morgan fingerprint density at radius 3 is 2.79 bits per heavy atom. The summed E-state index contributed by atoms with van der Waals surface area (Å²) in [4.78, 5) is 8.21. The SMILES string of the molecule is C#CCCCCNCc1ncccn1. The summed E-state index contributed by atoms with van der Waals surface area (Å²) in [6, 6.07) is 1.82. The fourth-order valence-electron chi connectivity index (χ4n) is 1.10. The summed E-state index contributed by atoms with van der Waals surface area (Å²) in [5.41, 5.74) is 0. The van der Waals surface area contributed by atoms with Crippen LogP contribution in [0.4, 0.5) is 0 Å². The van der Waals surface area contributed by atoms with Gasteiger partial charge in [0, 0.05) is 18.8 Å². The van der Waals surface area contributed by atoms with Crippen molar-refractivity contribution in [2.45, 2.75) is 25.8 Å². The summed E-state index contributed by atoms with van der Waals surface area (Å²) >= 11 is 0. The number of terminal acetylenes is 1. The molecule has 0 aliphatic rings. The smallest absolute Gasteiger partial charge is 0.141 e. The van der Waals surface area contributed by atoms with Crippen molar-refractivity contribution in [2.24, 2.45) is 0 Å². The highest BCUT2D eigenvalue weighted by molar-refractivity contribution is 4.87. The van der Waals surface area contributed by atoms with Crippen LogP contribution in [-0.4, -0.2) is 16.5 Å². The van der Waals surface area contributed by atoms with Gasteiger partial charge in [0.15, 0.2) is 0 Å². The number of rotatable bonds is 6. The van der Waals surface area contributed by atoms with E-state index in [9.17, 15) is 0 Å². The number of nitrogens with one attached hydrogen (secondary N) is 1. The first-order valence-corrected chi connectivity index (χ1v) is 4.83. The van der Waals surface area contributed by atoms with Crippen molar-refractivity contribution in [1.82, 2.24) is 15.3 Å². The zero-order valence-electron chi connectivity index (χ0n) is 8.24. The van der Waals surface area contributed by atoms with Gasteiger partial charge in [-0.05, 0) is 25.5 Å². The van der Waals surface area contributed by atoms with Crippen LogP contribution in [0.5, 0.6) is 0 Å². The zero-order chi connectivity index (χ0) is 10.1. The number of hydrogen-bond donors (Lipinski definition) is 1. The second kappa shape index (κ2) is 7.05. The van der Waals surface area contributed by atoms with Gasteiger partial charge in [0.05, 0.1) is 6.54 Å². The van der Waals surface area contributed by atoms with Crippen molar-refractivity contribution < 1.29 is 0 Å². The molecule has 0 radical (unpaired) electrons. The molecule has 1 aromatic heterocycles. The second-order valence-electron chi connectivity index (χ2n) is 3.00. The summed E-state index contributed by atoms with van der Waals surface area (Å²) in [6.45, 7) is 1.71. The molecule has 1 heterocycles. The minimum Gasteiger partial charge on any atom is -0.310 e. The van der Waals surface area contributed by atoms with E-state index < -0.39 is 0 Å².